The van der Waals surface area contributed by atoms with Crippen molar-refractivity contribution in [3.05, 3.63) is 51.9 Å². The third kappa shape index (κ3) is 3.93. The van der Waals surface area contributed by atoms with Crippen LogP contribution in [-0.2, 0) is 17.9 Å². The van der Waals surface area contributed by atoms with Crippen molar-refractivity contribution in [2.45, 2.75) is 19.6 Å². The molecule has 0 unspecified atom stereocenters. The van der Waals surface area contributed by atoms with Crippen molar-refractivity contribution in [3.8, 4) is 12.3 Å². The first-order valence-corrected chi connectivity index (χ1v) is 10.9. The van der Waals surface area contributed by atoms with Gasteiger partial charge in [0.1, 0.15) is 5.65 Å². The maximum absolute atomic E-state index is 12.7. The lowest BCUT2D eigenvalue weighted by atomic mass is 10.1. The van der Waals surface area contributed by atoms with Crippen LogP contribution in [0, 0.1) is 12.3 Å². The van der Waals surface area contributed by atoms with Crippen molar-refractivity contribution >= 4 is 28.4 Å². The summed E-state index contributed by atoms with van der Waals surface area (Å²) in [6, 6.07) is 7.75. The third-order valence-corrected chi connectivity index (χ3v) is 6.11. The Kier molecular flexibility index (Phi) is 5.52. The van der Waals surface area contributed by atoms with Crippen LogP contribution in [0.2, 0.25) is 0 Å². The Balaban J connectivity index is 1.55. The van der Waals surface area contributed by atoms with Crippen molar-refractivity contribution in [2.75, 3.05) is 50.1 Å². The van der Waals surface area contributed by atoms with Gasteiger partial charge in [0.2, 0.25) is 5.95 Å². The molecular weight excluding hydrogens is 404 g/mol. The van der Waals surface area contributed by atoms with Crippen molar-refractivity contribution in [1.82, 2.24) is 19.4 Å². The molecule has 4 bridgehead atoms. The number of terminal acetylenes is 1. The van der Waals surface area contributed by atoms with E-state index < -0.39 is 0 Å². The molecule has 0 atom stereocenters. The molecule has 3 aromatic rings. The number of piperazine rings is 1. The second kappa shape index (κ2) is 8.61. The maximum Gasteiger partial charge on any atom is 0.253 e. The summed E-state index contributed by atoms with van der Waals surface area (Å²) in [4.78, 5) is 26.6. The first kappa shape index (κ1) is 20.5. The maximum atomic E-state index is 12.7. The van der Waals surface area contributed by atoms with E-state index >= 15 is 0 Å². The van der Waals surface area contributed by atoms with E-state index in [0.29, 0.717) is 48.7 Å². The number of aryl methyl sites for hydroxylation is 1. The van der Waals surface area contributed by atoms with E-state index in [-0.39, 0.29) is 5.56 Å². The van der Waals surface area contributed by atoms with E-state index in [9.17, 15) is 4.79 Å². The minimum Gasteiger partial charge on any atom is -0.377 e. The molecule has 2 aliphatic heterocycles. The topological polar surface area (TPSA) is 75.5 Å². The van der Waals surface area contributed by atoms with Gasteiger partial charge in [-0.3, -0.25) is 9.36 Å². The second-order valence-electron chi connectivity index (χ2n) is 8.29. The SMILES string of the molecule is C#Cc1cc(=O)n2c3nc(ncc13)Nc1ccc(N3CCN(C)CC3)c(c1)COCCC2. The monoisotopic (exact) mass is 430 g/mol. The summed E-state index contributed by atoms with van der Waals surface area (Å²) in [5.41, 5.74) is 4.09. The van der Waals surface area contributed by atoms with E-state index in [0.717, 1.165) is 37.4 Å². The van der Waals surface area contributed by atoms with E-state index in [1.165, 1.54) is 11.8 Å². The van der Waals surface area contributed by atoms with Crippen LogP contribution in [0.5, 0.6) is 0 Å². The average molecular weight is 431 g/mol. The molecular formula is C24H26N6O2. The smallest absolute Gasteiger partial charge is 0.253 e. The molecule has 8 heteroatoms. The molecule has 0 saturated carbocycles. The van der Waals surface area contributed by atoms with E-state index in [4.69, 9.17) is 11.2 Å². The quantitative estimate of drug-likeness (QED) is 0.593. The van der Waals surface area contributed by atoms with Gasteiger partial charge in [-0.15, -0.1) is 6.42 Å². The van der Waals surface area contributed by atoms with E-state index in [1.807, 2.05) is 6.07 Å². The summed E-state index contributed by atoms with van der Waals surface area (Å²) >= 11 is 0. The van der Waals surface area contributed by atoms with Gasteiger partial charge in [-0.2, -0.15) is 4.98 Å². The molecule has 0 aliphatic carbocycles. The van der Waals surface area contributed by atoms with Crippen LogP contribution in [0.4, 0.5) is 17.3 Å². The molecule has 1 fully saturated rings. The fraction of sp³-hybridized carbons (Fsp3) is 0.375. The number of nitrogens with one attached hydrogen (secondary N) is 1. The summed E-state index contributed by atoms with van der Waals surface area (Å²) in [6.45, 7) is 5.62. The summed E-state index contributed by atoms with van der Waals surface area (Å²) in [5.74, 6) is 3.01. The van der Waals surface area contributed by atoms with Gasteiger partial charge in [-0.05, 0) is 31.7 Å². The number of fused-ring (bicyclic) bond motifs is 3. The molecule has 0 radical (unpaired) electrons. The number of hydrogen-bond donors (Lipinski definition) is 1. The normalized spacial score (nSPS) is 17.2. The number of anilines is 3. The molecule has 1 aromatic carbocycles. The molecule has 0 amide bonds. The van der Waals surface area contributed by atoms with Crippen LogP contribution in [0.1, 0.15) is 17.5 Å². The number of ether oxygens (including phenoxy) is 1. The van der Waals surface area contributed by atoms with Crippen LogP contribution in [-0.4, -0.2) is 59.3 Å². The molecule has 5 rings (SSSR count). The third-order valence-electron chi connectivity index (χ3n) is 6.11. The summed E-state index contributed by atoms with van der Waals surface area (Å²) in [7, 11) is 2.16. The van der Waals surface area contributed by atoms with Gasteiger partial charge < -0.3 is 19.9 Å². The summed E-state index contributed by atoms with van der Waals surface area (Å²) in [6.07, 6.45) is 7.99. The van der Waals surface area contributed by atoms with Crippen LogP contribution in [0.25, 0.3) is 11.0 Å². The molecule has 2 aliphatic rings. The van der Waals surface area contributed by atoms with Crippen LogP contribution in [0.3, 0.4) is 0 Å². The number of nitrogens with zero attached hydrogens (tertiary/aromatic N) is 5. The largest absolute Gasteiger partial charge is 0.377 e. The predicted octanol–water partition coefficient (Wildman–Crippen LogP) is 2.19. The van der Waals surface area contributed by atoms with Crippen molar-refractivity contribution in [1.29, 1.82) is 0 Å². The first-order chi connectivity index (χ1) is 15.6. The van der Waals surface area contributed by atoms with Gasteiger partial charge in [0.25, 0.3) is 5.56 Å². The first-order valence-electron chi connectivity index (χ1n) is 10.9. The Morgan fingerprint density at radius 2 is 2.00 bits per heavy atom. The van der Waals surface area contributed by atoms with Gasteiger partial charge >= 0.3 is 0 Å². The Morgan fingerprint density at radius 3 is 2.81 bits per heavy atom. The molecule has 2 aromatic heterocycles. The van der Waals surface area contributed by atoms with Crippen molar-refractivity contribution < 1.29 is 4.74 Å². The number of hydrogen-bond acceptors (Lipinski definition) is 7. The van der Waals surface area contributed by atoms with E-state index in [2.05, 4.69) is 50.2 Å². The zero-order chi connectivity index (χ0) is 22.1. The highest BCUT2D eigenvalue weighted by atomic mass is 16.5. The van der Waals surface area contributed by atoms with Crippen LogP contribution >= 0.6 is 0 Å². The van der Waals surface area contributed by atoms with Gasteiger partial charge in [-0.25, -0.2) is 4.98 Å². The molecule has 4 heterocycles. The van der Waals surface area contributed by atoms with Gasteiger partial charge in [0.15, 0.2) is 0 Å². The van der Waals surface area contributed by atoms with Gasteiger partial charge in [0, 0.05) is 74.1 Å². The number of pyridine rings is 1. The Bertz CT molecular complexity index is 1250. The Morgan fingerprint density at radius 1 is 1.16 bits per heavy atom. The molecule has 8 nitrogen and oxygen atoms in total. The standard InChI is InChI=1S/C24H26N6O2/c1-3-17-14-22(31)30-7-4-12-32-16-18-13-19(26-24-25-15-20(17)23(30)27-24)5-6-21(18)29-10-8-28(2)9-11-29/h1,5-6,13-15H,4,7-12,16H2,2H3,(H,25,26,27). The predicted molar refractivity (Wildman–Crippen MR) is 125 cm³/mol. The van der Waals surface area contributed by atoms with Gasteiger partial charge in [0.05, 0.1) is 12.0 Å². The summed E-state index contributed by atoms with van der Waals surface area (Å²) in [5, 5.41) is 3.98. The Labute approximate surface area is 186 Å². The zero-order valence-corrected chi connectivity index (χ0v) is 18.2. The highest BCUT2D eigenvalue weighted by molar-refractivity contribution is 5.82. The van der Waals surface area contributed by atoms with E-state index in [1.54, 1.807) is 10.8 Å². The number of aromatic nitrogens is 3. The lowest BCUT2D eigenvalue weighted by Gasteiger charge is -2.35. The number of likely N-dealkylation sites (N-methyl/N-ethyl adjacent to an activating group) is 1. The highest BCUT2D eigenvalue weighted by Gasteiger charge is 2.18. The molecule has 1 N–H and O–H groups in total. The fourth-order valence-electron chi connectivity index (χ4n) is 4.32. The number of rotatable bonds is 1. The Hall–Kier alpha value is -3.41. The molecule has 0 spiro atoms. The van der Waals surface area contributed by atoms with Crippen LogP contribution in [0.15, 0.2) is 35.3 Å². The van der Waals surface area contributed by atoms with Crippen molar-refractivity contribution in [3.63, 3.8) is 0 Å². The zero-order valence-electron chi connectivity index (χ0n) is 18.2. The molecule has 32 heavy (non-hydrogen) atoms. The molecule has 164 valence electrons. The average Bonchev–Trinajstić information content (AvgIpc) is 2.81. The minimum absolute atomic E-state index is 0.164. The number of benzene rings is 1. The lowest BCUT2D eigenvalue weighted by Crippen LogP contribution is -2.44. The lowest BCUT2D eigenvalue weighted by molar-refractivity contribution is 0.116. The minimum atomic E-state index is -0.164. The van der Waals surface area contributed by atoms with Crippen LogP contribution < -0.4 is 15.8 Å². The summed E-state index contributed by atoms with van der Waals surface area (Å²) < 4.78 is 7.68. The second-order valence-corrected chi connectivity index (χ2v) is 8.29. The fourth-order valence-corrected chi connectivity index (χ4v) is 4.32. The van der Waals surface area contributed by atoms with Gasteiger partial charge in [-0.1, -0.05) is 5.92 Å². The van der Waals surface area contributed by atoms with Crippen molar-refractivity contribution in [2.24, 2.45) is 0 Å². The highest BCUT2D eigenvalue weighted by Crippen LogP contribution is 2.28. The molecule has 1 saturated heterocycles.